The lowest BCUT2D eigenvalue weighted by molar-refractivity contribution is 0.102. The first kappa shape index (κ1) is 17.7. The Labute approximate surface area is 151 Å². The number of hydrogen-bond acceptors (Lipinski definition) is 2. The molecule has 132 valence electrons. The van der Waals surface area contributed by atoms with E-state index in [1.54, 1.807) is 0 Å². The van der Waals surface area contributed by atoms with Crippen LogP contribution in [-0.2, 0) is 6.54 Å². The fourth-order valence-corrected chi connectivity index (χ4v) is 3.65. The van der Waals surface area contributed by atoms with Gasteiger partial charge in [0.05, 0.1) is 0 Å². The third-order valence-electron chi connectivity index (χ3n) is 5.08. The van der Waals surface area contributed by atoms with Gasteiger partial charge in [-0.25, -0.2) is 0 Å². The van der Waals surface area contributed by atoms with Crippen LogP contribution in [-0.4, -0.2) is 23.9 Å². The summed E-state index contributed by atoms with van der Waals surface area (Å²) in [7, 11) is 0. The number of hydrogen-bond donors (Lipinski definition) is 1. The topological polar surface area (TPSA) is 32.3 Å². The van der Waals surface area contributed by atoms with Gasteiger partial charge in [-0.05, 0) is 68.0 Å². The zero-order valence-electron chi connectivity index (χ0n) is 15.5. The molecule has 1 fully saturated rings. The van der Waals surface area contributed by atoms with Crippen LogP contribution < -0.4 is 5.32 Å². The maximum Gasteiger partial charge on any atom is 0.255 e. The molecule has 1 atom stereocenters. The summed E-state index contributed by atoms with van der Waals surface area (Å²) >= 11 is 0. The van der Waals surface area contributed by atoms with Gasteiger partial charge in [-0.2, -0.15) is 0 Å². The van der Waals surface area contributed by atoms with Crippen LogP contribution in [0.5, 0.6) is 0 Å². The van der Waals surface area contributed by atoms with Crippen LogP contribution in [0, 0.1) is 19.8 Å². The predicted octanol–water partition coefficient (Wildman–Crippen LogP) is 4.79. The number of para-hydroxylation sites is 1. The van der Waals surface area contributed by atoms with E-state index < -0.39 is 0 Å². The molecule has 0 saturated carbocycles. The number of nitrogens with one attached hydrogen (secondary N) is 1. The Hall–Kier alpha value is -2.13. The highest BCUT2D eigenvalue weighted by Crippen LogP contribution is 2.21. The van der Waals surface area contributed by atoms with E-state index in [9.17, 15) is 4.79 Å². The standard InChI is InChI=1S/C22H28N2O/c1-16-6-5-13-24(14-16)15-19-9-11-20(12-10-19)22(25)23-21-17(2)7-4-8-18(21)3/h4,7-12,16H,5-6,13-15H2,1-3H3,(H,23,25)/t16-/m1/s1. The molecular formula is C22H28N2O. The summed E-state index contributed by atoms with van der Waals surface area (Å²) in [5.74, 6) is 0.742. The Balaban J connectivity index is 1.64. The lowest BCUT2D eigenvalue weighted by atomic mass is 9.99. The molecule has 3 rings (SSSR count). The number of aryl methyl sites for hydroxylation is 2. The summed E-state index contributed by atoms with van der Waals surface area (Å²) in [5, 5.41) is 3.05. The fraction of sp³-hybridized carbons (Fsp3) is 0.409. The molecule has 1 amide bonds. The van der Waals surface area contributed by atoms with Crippen LogP contribution in [0.2, 0.25) is 0 Å². The van der Waals surface area contributed by atoms with Gasteiger partial charge in [0.2, 0.25) is 0 Å². The van der Waals surface area contributed by atoms with Gasteiger partial charge in [-0.3, -0.25) is 9.69 Å². The molecule has 1 aliphatic rings. The Bertz CT molecular complexity index is 716. The first-order chi connectivity index (χ1) is 12.0. The van der Waals surface area contributed by atoms with Crippen molar-refractivity contribution in [1.29, 1.82) is 0 Å². The average molecular weight is 336 g/mol. The number of carbonyl (C=O) groups is 1. The third kappa shape index (κ3) is 4.49. The van der Waals surface area contributed by atoms with E-state index in [1.807, 2.05) is 44.2 Å². The van der Waals surface area contributed by atoms with E-state index >= 15 is 0 Å². The number of amides is 1. The quantitative estimate of drug-likeness (QED) is 0.871. The van der Waals surface area contributed by atoms with Gasteiger partial charge in [-0.15, -0.1) is 0 Å². The predicted molar refractivity (Wildman–Crippen MR) is 104 cm³/mol. The normalized spacial score (nSPS) is 18.1. The SMILES string of the molecule is Cc1cccc(C)c1NC(=O)c1ccc(CN2CCC[C@@H](C)C2)cc1. The number of piperidine rings is 1. The highest BCUT2D eigenvalue weighted by Gasteiger charge is 2.16. The van der Waals surface area contributed by atoms with Crippen molar-refractivity contribution in [3.63, 3.8) is 0 Å². The van der Waals surface area contributed by atoms with Gasteiger partial charge in [-0.1, -0.05) is 37.3 Å². The van der Waals surface area contributed by atoms with E-state index in [2.05, 4.69) is 29.3 Å². The monoisotopic (exact) mass is 336 g/mol. The molecule has 25 heavy (non-hydrogen) atoms. The number of likely N-dealkylation sites (tertiary alicyclic amines) is 1. The lowest BCUT2D eigenvalue weighted by Gasteiger charge is -2.30. The van der Waals surface area contributed by atoms with E-state index in [4.69, 9.17) is 0 Å². The van der Waals surface area contributed by atoms with Crippen molar-refractivity contribution in [3.05, 3.63) is 64.7 Å². The molecule has 1 aliphatic heterocycles. The molecule has 0 aromatic heterocycles. The molecule has 0 spiro atoms. The van der Waals surface area contributed by atoms with Crippen molar-refractivity contribution in [3.8, 4) is 0 Å². The largest absolute Gasteiger partial charge is 0.322 e. The smallest absolute Gasteiger partial charge is 0.255 e. The molecule has 3 heteroatoms. The lowest BCUT2D eigenvalue weighted by Crippen LogP contribution is -2.33. The number of benzene rings is 2. The van der Waals surface area contributed by atoms with E-state index in [1.165, 1.54) is 31.5 Å². The summed E-state index contributed by atoms with van der Waals surface area (Å²) in [6.45, 7) is 9.70. The van der Waals surface area contributed by atoms with Crippen LogP contribution >= 0.6 is 0 Å². The van der Waals surface area contributed by atoms with Crippen molar-refractivity contribution in [2.75, 3.05) is 18.4 Å². The Morgan fingerprint density at radius 2 is 1.80 bits per heavy atom. The zero-order chi connectivity index (χ0) is 17.8. The Morgan fingerprint density at radius 3 is 2.44 bits per heavy atom. The zero-order valence-corrected chi connectivity index (χ0v) is 15.5. The molecule has 3 nitrogen and oxygen atoms in total. The van der Waals surface area contributed by atoms with E-state index in [0.717, 1.165) is 29.3 Å². The van der Waals surface area contributed by atoms with Gasteiger partial charge in [0.1, 0.15) is 0 Å². The third-order valence-corrected chi connectivity index (χ3v) is 5.08. The first-order valence-corrected chi connectivity index (χ1v) is 9.22. The molecule has 1 saturated heterocycles. The Morgan fingerprint density at radius 1 is 1.12 bits per heavy atom. The van der Waals surface area contributed by atoms with Gasteiger partial charge < -0.3 is 5.32 Å². The average Bonchev–Trinajstić information content (AvgIpc) is 2.59. The molecule has 1 N–H and O–H groups in total. The number of rotatable bonds is 4. The summed E-state index contributed by atoms with van der Waals surface area (Å²) in [6.07, 6.45) is 2.63. The second-order valence-electron chi connectivity index (χ2n) is 7.40. The van der Waals surface area contributed by atoms with Crippen molar-refractivity contribution in [2.45, 2.75) is 40.2 Å². The molecule has 0 aliphatic carbocycles. The number of nitrogens with zero attached hydrogens (tertiary/aromatic N) is 1. The summed E-state index contributed by atoms with van der Waals surface area (Å²) < 4.78 is 0. The van der Waals surface area contributed by atoms with Gasteiger partial charge in [0.25, 0.3) is 5.91 Å². The molecular weight excluding hydrogens is 308 g/mol. The second-order valence-corrected chi connectivity index (χ2v) is 7.40. The second kappa shape index (κ2) is 7.83. The molecule has 0 unspecified atom stereocenters. The highest BCUT2D eigenvalue weighted by atomic mass is 16.1. The molecule has 2 aromatic carbocycles. The minimum absolute atomic E-state index is 0.0458. The number of carbonyl (C=O) groups excluding carboxylic acids is 1. The number of anilines is 1. The summed E-state index contributed by atoms with van der Waals surface area (Å²) in [6, 6.07) is 14.1. The summed E-state index contributed by atoms with van der Waals surface area (Å²) in [4.78, 5) is 15.1. The molecule has 1 heterocycles. The minimum atomic E-state index is -0.0458. The van der Waals surface area contributed by atoms with Crippen molar-refractivity contribution in [1.82, 2.24) is 4.90 Å². The molecule has 0 radical (unpaired) electrons. The van der Waals surface area contributed by atoms with Gasteiger partial charge >= 0.3 is 0 Å². The van der Waals surface area contributed by atoms with Crippen LogP contribution in [0.15, 0.2) is 42.5 Å². The maximum absolute atomic E-state index is 12.5. The van der Waals surface area contributed by atoms with Crippen LogP contribution in [0.3, 0.4) is 0 Å². The van der Waals surface area contributed by atoms with Gasteiger partial charge in [0, 0.05) is 24.3 Å². The fourth-order valence-electron chi connectivity index (χ4n) is 3.65. The molecule has 0 bridgehead atoms. The highest BCUT2D eigenvalue weighted by molar-refractivity contribution is 6.05. The van der Waals surface area contributed by atoms with Gasteiger partial charge in [0.15, 0.2) is 0 Å². The summed E-state index contributed by atoms with van der Waals surface area (Å²) in [5.41, 5.74) is 5.07. The van der Waals surface area contributed by atoms with Crippen molar-refractivity contribution < 1.29 is 4.79 Å². The van der Waals surface area contributed by atoms with Crippen LogP contribution in [0.25, 0.3) is 0 Å². The first-order valence-electron chi connectivity index (χ1n) is 9.22. The maximum atomic E-state index is 12.5. The molecule has 2 aromatic rings. The minimum Gasteiger partial charge on any atom is -0.322 e. The van der Waals surface area contributed by atoms with Crippen molar-refractivity contribution >= 4 is 11.6 Å². The van der Waals surface area contributed by atoms with Crippen LogP contribution in [0.1, 0.15) is 46.8 Å². The van der Waals surface area contributed by atoms with Crippen LogP contribution in [0.4, 0.5) is 5.69 Å². The van der Waals surface area contributed by atoms with E-state index in [0.29, 0.717) is 5.56 Å². The van der Waals surface area contributed by atoms with Crippen molar-refractivity contribution in [2.24, 2.45) is 5.92 Å². The van der Waals surface area contributed by atoms with E-state index in [-0.39, 0.29) is 5.91 Å². The Kier molecular flexibility index (Phi) is 5.54.